The summed E-state index contributed by atoms with van der Waals surface area (Å²) in [4.78, 5) is 0. The van der Waals surface area contributed by atoms with Gasteiger partial charge in [0.2, 0.25) is 0 Å². The fourth-order valence-corrected chi connectivity index (χ4v) is 2.84. The highest BCUT2D eigenvalue weighted by Gasteiger charge is 2.08. The van der Waals surface area contributed by atoms with Gasteiger partial charge in [0.25, 0.3) is 0 Å². The summed E-state index contributed by atoms with van der Waals surface area (Å²) in [7, 11) is 0. The standard InChI is InChI=1S/C5H3I3O/c1-2-3(6)5(8)9-4(2)7/h1H3. The van der Waals surface area contributed by atoms with Crippen molar-refractivity contribution in [3.63, 3.8) is 0 Å². The van der Waals surface area contributed by atoms with Crippen LogP contribution in [0.4, 0.5) is 0 Å². The Morgan fingerprint density at radius 3 is 1.78 bits per heavy atom. The molecule has 0 unspecified atom stereocenters. The predicted molar refractivity (Wildman–Crippen MR) is 61.6 cm³/mol. The summed E-state index contributed by atoms with van der Waals surface area (Å²) in [6.07, 6.45) is 0. The Hall–Kier alpha value is 1.47. The zero-order valence-corrected chi connectivity index (χ0v) is 11.0. The van der Waals surface area contributed by atoms with Crippen LogP contribution in [0, 0.1) is 18.0 Å². The summed E-state index contributed by atoms with van der Waals surface area (Å²) in [5.74, 6) is 0. The van der Waals surface area contributed by atoms with Crippen molar-refractivity contribution in [1.29, 1.82) is 0 Å². The van der Waals surface area contributed by atoms with Gasteiger partial charge in [-0.25, -0.2) is 0 Å². The van der Waals surface area contributed by atoms with Crippen LogP contribution in [-0.2, 0) is 0 Å². The highest BCUT2D eigenvalue weighted by atomic mass is 127. The van der Waals surface area contributed by atoms with Crippen molar-refractivity contribution in [3.05, 3.63) is 16.7 Å². The van der Waals surface area contributed by atoms with Crippen molar-refractivity contribution in [3.8, 4) is 0 Å². The van der Waals surface area contributed by atoms with E-state index in [1.165, 1.54) is 9.13 Å². The third-order valence-corrected chi connectivity index (χ3v) is 5.10. The minimum absolute atomic E-state index is 0.995. The normalized spacial score (nSPS) is 10.2. The third-order valence-electron chi connectivity index (χ3n) is 0.976. The first-order chi connectivity index (χ1) is 4.13. The van der Waals surface area contributed by atoms with Crippen LogP contribution < -0.4 is 0 Å². The largest absolute Gasteiger partial charge is 0.443 e. The van der Waals surface area contributed by atoms with E-state index < -0.39 is 0 Å². The highest BCUT2D eigenvalue weighted by Crippen LogP contribution is 2.25. The Morgan fingerprint density at radius 1 is 1.11 bits per heavy atom. The maximum atomic E-state index is 5.31. The summed E-state index contributed by atoms with van der Waals surface area (Å²) >= 11 is 6.67. The van der Waals surface area contributed by atoms with Crippen molar-refractivity contribution in [2.24, 2.45) is 0 Å². The molecule has 0 aliphatic heterocycles. The topological polar surface area (TPSA) is 13.1 Å². The fraction of sp³-hybridized carbons (Fsp3) is 0.200. The van der Waals surface area contributed by atoms with Gasteiger partial charge in [0, 0.05) is 28.2 Å². The molecule has 0 fully saturated rings. The minimum atomic E-state index is 0.995. The van der Waals surface area contributed by atoms with Gasteiger partial charge in [0.15, 0.2) is 7.53 Å². The molecule has 1 rings (SSSR count). The van der Waals surface area contributed by atoms with Crippen LogP contribution in [0.15, 0.2) is 4.42 Å². The van der Waals surface area contributed by atoms with Gasteiger partial charge in [0.05, 0.1) is 3.57 Å². The van der Waals surface area contributed by atoms with Crippen molar-refractivity contribution >= 4 is 67.8 Å². The molecule has 1 aromatic rings. The summed E-state index contributed by atoms with van der Waals surface area (Å²) in [5, 5.41) is 0. The number of hydrogen-bond acceptors (Lipinski definition) is 1. The Bertz CT molecular complexity index is 206. The molecule has 1 aromatic heterocycles. The second-order valence-corrected chi connectivity index (χ2v) is 4.63. The van der Waals surface area contributed by atoms with E-state index in [0.717, 1.165) is 7.53 Å². The van der Waals surface area contributed by atoms with Crippen LogP contribution in [0.2, 0.25) is 0 Å². The molecule has 0 spiro atoms. The zero-order chi connectivity index (χ0) is 7.02. The summed E-state index contributed by atoms with van der Waals surface area (Å²) in [6, 6.07) is 0. The van der Waals surface area contributed by atoms with Crippen LogP contribution in [0.3, 0.4) is 0 Å². The predicted octanol–water partition coefficient (Wildman–Crippen LogP) is 3.40. The molecule has 0 N–H and O–H groups in total. The van der Waals surface area contributed by atoms with Gasteiger partial charge in [-0.2, -0.15) is 0 Å². The lowest BCUT2D eigenvalue weighted by atomic mass is 10.4. The van der Waals surface area contributed by atoms with E-state index in [-0.39, 0.29) is 0 Å². The van der Waals surface area contributed by atoms with E-state index in [1.54, 1.807) is 0 Å². The van der Waals surface area contributed by atoms with Gasteiger partial charge < -0.3 is 4.42 Å². The average molecular weight is 460 g/mol. The summed E-state index contributed by atoms with van der Waals surface area (Å²) in [6.45, 7) is 2.06. The highest BCUT2D eigenvalue weighted by molar-refractivity contribution is 14.1. The van der Waals surface area contributed by atoms with E-state index in [1.807, 2.05) is 0 Å². The molecular weight excluding hydrogens is 457 g/mol. The lowest BCUT2D eigenvalue weighted by Gasteiger charge is -1.81. The third kappa shape index (κ3) is 1.73. The van der Waals surface area contributed by atoms with Crippen LogP contribution in [0.25, 0.3) is 0 Å². The van der Waals surface area contributed by atoms with Crippen LogP contribution in [0.5, 0.6) is 0 Å². The number of hydrogen-bond donors (Lipinski definition) is 0. The van der Waals surface area contributed by atoms with Crippen LogP contribution in [0.1, 0.15) is 5.56 Å². The minimum Gasteiger partial charge on any atom is -0.443 e. The molecule has 4 heteroatoms. The molecular formula is C5H3I3O. The van der Waals surface area contributed by atoms with Gasteiger partial charge in [-0.05, 0) is 52.1 Å². The van der Waals surface area contributed by atoms with Crippen molar-refractivity contribution in [2.45, 2.75) is 6.92 Å². The van der Waals surface area contributed by atoms with Crippen molar-refractivity contribution in [1.82, 2.24) is 0 Å². The first kappa shape index (κ1) is 8.57. The molecule has 1 nitrogen and oxygen atoms in total. The van der Waals surface area contributed by atoms with E-state index in [4.69, 9.17) is 4.42 Å². The van der Waals surface area contributed by atoms with Crippen molar-refractivity contribution < 1.29 is 4.42 Å². The molecule has 0 saturated heterocycles. The number of rotatable bonds is 0. The zero-order valence-electron chi connectivity index (χ0n) is 4.54. The molecule has 0 atom stereocenters. The molecule has 0 saturated carbocycles. The summed E-state index contributed by atoms with van der Waals surface area (Å²) < 4.78 is 8.54. The maximum absolute atomic E-state index is 5.31. The fourth-order valence-electron chi connectivity index (χ4n) is 0.434. The molecule has 0 radical (unpaired) electrons. The molecule has 50 valence electrons. The van der Waals surface area contributed by atoms with Gasteiger partial charge in [-0.3, -0.25) is 0 Å². The van der Waals surface area contributed by atoms with E-state index >= 15 is 0 Å². The van der Waals surface area contributed by atoms with Crippen molar-refractivity contribution in [2.75, 3.05) is 0 Å². The molecule has 0 amide bonds. The molecule has 1 heterocycles. The molecule has 0 bridgehead atoms. The molecule has 9 heavy (non-hydrogen) atoms. The van der Waals surface area contributed by atoms with E-state index in [9.17, 15) is 0 Å². The van der Waals surface area contributed by atoms with Gasteiger partial charge in [-0.15, -0.1) is 0 Å². The Balaban J connectivity index is 3.29. The Labute approximate surface area is 94.4 Å². The first-order valence-corrected chi connectivity index (χ1v) is 5.46. The Morgan fingerprint density at radius 2 is 1.67 bits per heavy atom. The smallest absolute Gasteiger partial charge is 0.178 e. The lowest BCUT2D eigenvalue weighted by molar-refractivity contribution is 0.507. The number of furan rings is 1. The van der Waals surface area contributed by atoms with E-state index in [2.05, 4.69) is 74.7 Å². The second kappa shape index (κ2) is 3.24. The molecule has 0 aliphatic carbocycles. The van der Waals surface area contributed by atoms with Crippen LogP contribution in [-0.4, -0.2) is 0 Å². The lowest BCUT2D eigenvalue weighted by Crippen LogP contribution is -1.72. The number of halogens is 3. The monoisotopic (exact) mass is 460 g/mol. The van der Waals surface area contributed by atoms with Gasteiger partial charge in [-0.1, -0.05) is 0 Å². The summed E-state index contributed by atoms with van der Waals surface area (Å²) in [5.41, 5.74) is 1.25. The average Bonchev–Trinajstić information content (AvgIpc) is 1.98. The maximum Gasteiger partial charge on any atom is 0.178 e. The molecule has 0 aliphatic rings. The van der Waals surface area contributed by atoms with Gasteiger partial charge >= 0.3 is 0 Å². The Kier molecular flexibility index (Phi) is 3.09. The quantitative estimate of drug-likeness (QED) is 0.542. The van der Waals surface area contributed by atoms with Gasteiger partial charge in [0.1, 0.15) is 0 Å². The van der Waals surface area contributed by atoms with E-state index in [0.29, 0.717) is 0 Å². The SMILES string of the molecule is Cc1c(I)oc(I)c1I. The second-order valence-electron chi connectivity index (χ2n) is 1.59. The first-order valence-electron chi connectivity index (χ1n) is 2.23. The molecule has 0 aromatic carbocycles. The van der Waals surface area contributed by atoms with Crippen LogP contribution >= 0.6 is 67.8 Å².